The highest BCUT2D eigenvalue weighted by molar-refractivity contribution is 6.42. The number of aliphatic hydroxyl groups excluding tert-OH is 1. The first kappa shape index (κ1) is 15.2. The van der Waals surface area contributed by atoms with Crippen molar-refractivity contribution in [2.45, 2.75) is 12.5 Å². The Morgan fingerprint density at radius 1 is 1.44 bits per heavy atom. The number of ether oxygens (including phenoxy) is 1. The van der Waals surface area contributed by atoms with E-state index >= 15 is 0 Å². The van der Waals surface area contributed by atoms with E-state index in [2.05, 4.69) is 5.32 Å². The molecule has 1 atom stereocenters. The number of carbonyl (C=O) groups is 1. The minimum Gasteiger partial charge on any atom is -0.394 e. The molecule has 1 aromatic carbocycles. The number of hydrogen-bond donors (Lipinski definition) is 2. The molecule has 2 N–H and O–H groups in total. The summed E-state index contributed by atoms with van der Waals surface area (Å²) in [6, 6.07) is 4.28. The highest BCUT2D eigenvalue weighted by atomic mass is 35.5. The Morgan fingerprint density at radius 2 is 2.17 bits per heavy atom. The van der Waals surface area contributed by atoms with Gasteiger partial charge in [0.05, 0.1) is 22.7 Å². The number of benzene rings is 1. The zero-order valence-corrected chi connectivity index (χ0v) is 11.5. The molecule has 0 aliphatic rings. The molecule has 0 bridgehead atoms. The number of halogens is 2. The Kier molecular flexibility index (Phi) is 6.43. The van der Waals surface area contributed by atoms with E-state index in [1.165, 1.54) is 6.07 Å². The lowest BCUT2D eigenvalue weighted by Gasteiger charge is -2.15. The summed E-state index contributed by atoms with van der Waals surface area (Å²) < 4.78 is 4.90. The fourth-order valence-electron chi connectivity index (χ4n) is 1.38. The van der Waals surface area contributed by atoms with Gasteiger partial charge in [0, 0.05) is 19.3 Å². The zero-order chi connectivity index (χ0) is 13.5. The second-order valence-corrected chi connectivity index (χ2v) is 4.58. The standard InChI is InChI=1S/C12H15Cl2NO3/c1-18-5-4-9(7-16)15-12(17)8-2-3-10(13)11(14)6-8/h2-3,6,9,16H,4-5,7H2,1H3,(H,15,17). The van der Waals surface area contributed by atoms with Crippen molar-refractivity contribution in [1.82, 2.24) is 5.32 Å². The zero-order valence-electron chi connectivity index (χ0n) is 9.95. The number of rotatable bonds is 6. The molecule has 1 unspecified atom stereocenters. The van der Waals surface area contributed by atoms with Gasteiger partial charge in [0.2, 0.25) is 0 Å². The van der Waals surface area contributed by atoms with Crippen molar-refractivity contribution >= 4 is 29.1 Å². The van der Waals surface area contributed by atoms with Gasteiger partial charge in [0.25, 0.3) is 5.91 Å². The van der Waals surface area contributed by atoms with Crippen molar-refractivity contribution in [1.29, 1.82) is 0 Å². The maximum absolute atomic E-state index is 11.9. The number of aliphatic hydroxyl groups is 1. The van der Waals surface area contributed by atoms with Gasteiger partial charge >= 0.3 is 0 Å². The van der Waals surface area contributed by atoms with Crippen LogP contribution in [0.2, 0.25) is 10.0 Å². The second kappa shape index (κ2) is 7.59. The van der Waals surface area contributed by atoms with Crippen molar-refractivity contribution < 1.29 is 14.6 Å². The normalized spacial score (nSPS) is 12.2. The third-order valence-corrected chi connectivity index (χ3v) is 3.15. The van der Waals surface area contributed by atoms with E-state index in [0.717, 1.165) is 0 Å². The van der Waals surface area contributed by atoms with E-state index in [9.17, 15) is 4.79 Å². The lowest BCUT2D eigenvalue weighted by Crippen LogP contribution is -2.38. The lowest BCUT2D eigenvalue weighted by molar-refractivity contribution is 0.0895. The lowest BCUT2D eigenvalue weighted by atomic mass is 10.1. The molecule has 6 heteroatoms. The van der Waals surface area contributed by atoms with Crippen molar-refractivity contribution in [3.05, 3.63) is 33.8 Å². The molecule has 100 valence electrons. The number of nitrogens with one attached hydrogen (secondary N) is 1. The summed E-state index contributed by atoms with van der Waals surface area (Å²) in [5, 5.41) is 12.5. The Hall–Kier alpha value is -0.810. The van der Waals surface area contributed by atoms with Crippen molar-refractivity contribution in [3.63, 3.8) is 0 Å². The molecular formula is C12H15Cl2NO3. The highest BCUT2D eigenvalue weighted by Gasteiger charge is 2.13. The Balaban J connectivity index is 2.65. The average Bonchev–Trinajstić information content (AvgIpc) is 2.37. The third kappa shape index (κ3) is 4.46. The van der Waals surface area contributed by atoms with Crippen LogP contribution in [-0.4, -0.2) is 37.4 Å². The quantitative estimate of drug-likeness (QED) is 0.844. The van der Waals surface area contributed by atoms with Crippen LogP contribution in [0.1, 0.15) is 16.8 Å². The minimum atomic E-state index is -0.341. The number of methoxy groups -OCH3 is 1. The summed E-state index contributed by atoms with van der Waals surface area (Å²) in [5.74, 6) is -0.302. The summed E-state index contributed by atoms with van der Waals surface area (Å²) in [4.78, 5) is 11.9. The number of carbonyl (C=O) groups excluding carboxylic acids is 1. The molecule has 0 heterocycles. The minimum absolute atomic E-state index is 0.142. The monoisotopic (exact) mass is 291 g/mol. The largest absolute Gasteiger partial charge is 0.394 e. The van der Waals surface area contributed by atoms with Gasteiger partial charge in [-0.2, -0.15) is 0 Å². The molecule has 0 fully saturated rings. The van der Waals surface area contributed by atoms with Crippen LogP contribution in [0.4, 0.5) is 0 Å². The van der Waals surface area contributed by atoms with Crippen molar-refractivity contribution in [2.75, 3.05) is 20.3 Å². The van der Waals surface area contributed by atoms with Gasteiger partial charge < -0.3 is 15.2 Å². The van der Waals surface area contributed by atoms with Gasteiger partial charge in [-0.1, -0.05) is 23.2 Å². The van der Waals surface area contributed by atoms with E-state index in [1.807, 2.05) is 0 Å². The van der Waals surface area contributed by atoms with E-state index in [0.29, 0.717) is 28.6 Å². The third-order valence-electron chi connectivity index (χ3n) is 2.41. The molecule has 18 heavy (non-hydrogen) atoms. The summed E-state index contributed by atoms with van der Waals surface area (Å²) in [7, 11) is 1.56. The summed E-state index contributed by atoms with van der Waals surface area (Å²) in [6.45, 7) is 0.323. The van der Waals surface area contributed by atoms with Crippen LogP contribution in [0.25, 0.3) is 0 Å². The maximum atomic E-state index is 11.9. The Bertz CT molecular complexity index is 412. The summed E-state index contributed by atoms with van der Waals surface area (Å²) >= 11 is 11.6. The Labute approximate surface area is 116 Å². The first-order valence-corrected chi connectivity index (χ1v) is 6.19. The molecule has 0 spiro atoms. The van der Waals surface area contributed by atoms with Gasteiger partial charge in [-0.25, -0.2) is 0 Å². The van der Waals surface area contributed by atoms with Crippen LogP contribution < -0.4 is 5.32 Å². The predicted octanol–water partition coefficient (Wildman–Crippen LogP) is 2.12. The van der Waals surface area contributed by atoms with E-state index in [-0.39, 0.29) is 18.6 Å². The first-order valence-electron chi connectivity index (χ1n) is 5.44. The molecule has 0 aliphatic carbocycles. The van der Waals surface area contributed by atoms with Crippen molar-refractivity contribution in [2.24, 2.45) is 0 Å². The molecule has 0 aliphatic heterocycles. The van der Waals surface area contributed by atoms with Crippen LogP contribution in [0.5, 0.6) is 0 Å². The molecule has 0 radical (unpaired) electrons. The van der Waals surface area contributed by atoms with Crippen LogP contribution in [0, 0.1) is 0 Å². The molecule has 0 aromatic heterocycles. The molecule has 4 nitrogen and oxygen atoms in total. The van der Waals surface area contributed by atoms with E-state index in [4.69, 9.17) is 33.0 Å². The van der Waals surface area contributed by atoms with E-state index < -0.39 is 0 Å². The van der Waals surface area contributed by atoms with Crippen molar-refractivity contribution in [3.8, 4) is 0 Å². The molecule has 1 aromatic rings. The van der Waals surface area contributed by atoms with Gasteiger partial charge in [0.15, 0.2) is 0 Å². The Morgan fingerprint density at radius 3 is 2.72 bits per heavy atom. The molecule has 1 amide bonds. The predicted molar refractivity (Wildman–Crippen MR) is 71.3 cm³/mol. The number of amides is 1. The highest BCUT2D eigenvalue weighted by Crippen LogP contribution is 2.22. The van der Waals surface area contributed by atoms with Crippen LogP contribution in [-0.2, 0) is 4.74 Å². The molecule has 0 saturated carbocycles. The average molecular weight is 292 g/mol. The molecule has 0 saturated heterocycles. The summed E-state index contributed by atoms with van der Waals surface area (Å²) in [6.07, 6.45) is 0.542. The maximum Gasteiger partial charge on any atom is 0.251 e. The van der Waals surface area contributed by atoms with Gasteiger partial charge in [0.1, 0.15) is 0 Å². The smallest absolute Gasteiger partial charge is 0.251 e. The van der Waals surface area contributed by atoms with Gasteiger partial charge in [-0.15, -0.1) is 0 Å². The molecule has 1 rings (SSSR count). The van der Waals surface area contributed by atoms with E-state index in [1.54, 1.807) is 19.2 Å². The summed E-state index contributed by atoms with van der Waals surface area (Å²) in [5.41, 5.74) is 0.403. The number of hydrogen-bond acceptors (Lipinski definition) is 3. The molecular weight excluding hydrogens is 277 g/mol. The van der Waals surface area contributed by atoms with Crippen LogP contribution in [0.3, 0.4) is 0 Å². The van der Waals surface area contributed by atoms with Crippen LogP contribution >= 0.6 is 23.2 Å². The van der Waals surface area contributed by atoms with Gasteiger partial charge in [-0.3, -0.25) is 4.79 Å². The fraction of sp³-hybridized carbons (Fsp3) is 0.417. The second-order valence-electron chi connectivity index (χ2n) is 3.76. The SMILES string of the molecule is COCCC(CO)NC(=O)c1ccc(Cl)c(Cl)c1. The fourth-order valence-corrected chi connectivity index (χ4v) is 1.67. The first-order chi connectivity index (χ1) is 8.58. The van der Waals surface area contributed by atoms with Crippen LogP contribution in [0.15, 0.2) is 18.2 Å². The van der Waals surface area contributed by atoms with Gasteiger partial charge in [-0.05, 0) is 24.6 Å². The topological polar surface area (TPSA) is 58.6 Å².